The van der Waals surface area contributed by atoms with Crippen molar-refractivity contribution in [2.24, 2.45) is 0 Å². The van der Waals surface area contributed by atoms with Crippen molar-refractivity contribution in [2.45, 2.75) is 39.5 Å². The number of nitrogens with zero attached hydrogens (tertiary/aromatic N) is 2. The van der Waals surface area contributed by atoms with Gasteiger partial charge in [-0.2, -0.15) is 0 Å². The minimum absolute atomic E-state index is 0.756. The Kier molecular flexibility index (Phi) is 4.77. The Labute approximate surface area is 87.6 Å². The van der Waals surface area contributed by atoms with E-state index in [1.165, 1.54) is 25.7 Å². The van der Waals surface area contributed by atoms with Gasteiger partial charge in [-0.3, -0.25) is 5.41 Å². The van der Waals surface area contributed by atoms with E-state index >= 15 is 0 Å². The van der Waals surface area contributed by atoms with Crippen LogP contribution in [0.5, 0.6) is 0 Å². The number of unbranched alkanes of at least 4 members (excludes halogenated alkanes) is 2. The largest absolute Gasteiger partial charge is 0.341 e. The van der Waals surface area contributed by atoms with Gasteiger partial charge in [0.05, 0.1) is 0 Å². The smallest absolute Gasteiger partial charge is 0.193 e. The predicted molar refractivity (Wildman–Crippen MR) is 60.7 cm³/mol. The van der Waals surface area contributed by atoms with Gasteiger partial charge < -0.3 is 9.80 Å². The normalized spacial score (nSPS) is 16.9. The number of rotatable bonds is 6. The van der Waals surface area contributed by atoms with E-state index in [1.54, 1.807) is 0 Å². The minimum Gasteiger partial charge on any atom is -0.341 e. The Morgan fingerprint density at radius 3 is 1.79 bits per heavy atom. The molecule has 0 amide bonds. The van der Waals surface area contributed by atoms with Crippen LogP contribution in [0, 0.1) is 5.41 Å². The fourth-order valence-corrected chi connectivity index (χ4v) is 1.79. The summed E-state index contributed by atoms with van der Waals surface area (Å²) in [5.41, 5.74) is 0. The summed E-state index contributed by atoms with van der Waals surface area (Å²) in [4.78, 5) is 4.42. The van der Waals surface area contributed by atoms with E-state index in [1.807, 2.05) is 0 Å². The predicted octanol–water partition coefficient (Wildman–Crippen LogP) is 2.14. The summed E-state index contributed by atoms with van der Waals surface area (Å²) in [6, 6.07) is 0. The van der Waals surface area contributed by atoms with Crippen molar-refractivity contribution in [1.29, 1.82) is 5.41 Å². The van der Waals surface area contributed by atoms with Crippen LogP contribution in [0.2, 0.25) is 0 Å². The van der Waals surface area contributed by atoms with Gasteiger partial charge in [-0.05, 0) is 12.8 Å². The first-order valence-electron chi connectivity index (χ1n) is 5.88. The van der Waals surface area contributed by atoms with Crippen molar-refractivity contribution in [3.8, 4) is 0 Å². The molecule has 1 N–H and O–H groups in total. The molecule has 3 heteroatoms. The topological polar surface area (TPSA) is 30.3 Å². The molecule has 0 atom stereocenters. The highest BCUT2D eigenvalue weighted by molar-refractivity contribution is 5.78. The molecule has 1 rings (SSSR count). The van der Waals surface area contributed by atoms with Crippen LogP contribution in [-0.2, 0) is 0 Å². The highest BCUT2D eigenvalue weighted by Gasteiger charge is 2.23. The minimum atomic E-state index is 0.756. The van der Waals surface area contributed by atoms with E-state index in [9.17, 15) is 0 Å². The van der Waals surface area contributed by atoms with Gasteiger partial charge in [0.15, 0.2) is 5.96 Å². The Bertz CT molecular complexity index is 161. The molecule has 1 heterocycles. The number of hydrogen-bond donors (Lipinski definition) is 1. The highest BCUT2D eigenvalue weighted by Crippen LogP contribution is 2.09. The van der Waals surface area contributed by atoms with Crippen LogP contribution >= 0.6 is 0 Å². The number of hydrogen-bond acceptors (Lipinski definition) is 1. The molecule has 0 aromatic rings. The second-order valence-electron chi connectivity index (χ2n) is 4.00. The third-order valence-electron chi connectivity index (χ3n) is 2.80. The zero-order valence-electron chi connectivity index (χ0n) is 9.55. The van der Waals surface area contributed by atoms with E-state index in [0.717, 1.165) is 32.1 Å². The summed E-state index contributed by atoms with van der Waals surface area (Å²) in [5.74, 6) is 0.756. The Hall–Kier alpha value is -0.730. The van der Waals surface area contributed by atoms with Gasteiger partial charge in [0.1, 0.15) is 0 Å². The lowest BCUT2D eigenvalue weighted by Gasteiger charge is -2.21. The van der Waals surface area contributed by atoms with Crippen LogP contribution in [0.1, 0.15) is 39.5 Å². The van der Waals surface area contributed by atoms with Crippen LogP contribution in [0.4, 0.5) is 0 Å². The summed E-state index contributed by atoms with van der Waals surface area (Å²) < 4.78 is 0. The van der Waals surface area contributed by atoms with Crippen LogP contribution in [0.3, 0.4) is 0 Å². The lowest BCUT2D eigenvalue weighted by atomic mass is 10.3. The van der Waals surface area contributed by atoms with Crippen LogP contribution in [0.25, 0.3) is 0 Å². The van der Waals surface area contributed by atoms with Crippen LogP contribution in [0.15, 0.2) is 0 Å². The second kappa shape index (κ2) is 5.89. The summed E-state index contributed by atoms with van der Waals surface area (Å²) >= 11 is 0. The molecule has 14 heavy (non-hydrogen) atoms. The van der Waals surface area contributed by atoms with Crippen molar-refractivity contribution in [2.75, 3.05) is 26.2 Å². The second-order valence-corrected chi connectivity index (χ2v) is 4.00. The summed E-state index contributed by atoms with van der Waals surface area (Å²) in [5, 5.41) is 7.97. The van der Waals surface area contributed by atoms with Crippen molar-refractivity contribution in [3.05, 3.63) is 0 Å². The Morgan fingerprint density at radius 1 is 1.00 bits per heavy atom. The molecule has 1 aliphatic heterocycles. The Morgan fingerprint density at radius 2 is 1.43 bits per heavy atom. The highest BCUT2D eigenvalue weighted by atomic mass is 15.4. The monoisotopic (exact) mass is 197 g/mol. The third kappa shape index (κ3) is 2.89. The Balaban J connectivity index is 2.28. The first-order valence-corrected chi connectivity index (χ1v) is 5.88. The van der Waals surface area contributed by atoms with Gasteiger partial charge >= 0.3 is 0 Å². The lowest BCUT2D eigenvalue weighted by Crippen LogP contribution is -2.33. The average Bonchev–Trinajstić information content (AvgIpc) is 2.54. The van der Waals surface area contributed by atoms with E-state index in [2.05, 4.69) is 23.6 Å². The maximum atomic E-state index is 7.97. The molecule has 0 aromatic heterocycles. The fraction of sp³-hybridized carbons (Fsp3) is 0.909. The molecular formula is C11H23N3. The van der Waals surface area contributed by atoms with Gasteiger partial charge in [-0.15, -0.1) is 0 Å². The van der Waals surface area contributed by atoms with Gasteiger partial charge in [0, 0.05) is 26.2 Å². The number of nitrogens with one attached hydrogen (secondary N) is 1. The first kappa shape index (κ1) is 11.3. The summed E-state index contributed by atoms with van der Waals surface area (Å²) in [6.07, 6.45) is 4.87. The van der Waals surface area contributed by atoms with Gasteiger partial charge in [0.25, 0.3) is 0 Å². The van der Waals surface area contributed by atoms with E-state index in [4.69, 9.17) is 5.41 Å². The molecule has 0 bridgehead atoms. The molecule has 0 spiro atoms. The van der Waals surface area contributed by atoms with Crippen molar-refractivity contribution >= 4 is 5.96 Å². The average molecular weight is 197 g/mol. The van der Waals surface area contributed by atoms with Gasteiger partial charge in [0.2, 0.25) is 0 Å². The van der Waals surface area contributed by atoms with E-state index in [0.29, 0.717) is 0 Å². The molecule has 0 radical (unpaired) electrons. The fourth-order valence-electron chi connectivity index (χ4n) is 1.79. The van der Waals surface area contributed by atoms with Crippen molar-refractivity contribution in [3.63, 3.8) is 0 Å². The summed E-state index contributed by atoms with van der Waals surface area (Å²) in [7, 11) is 0. The van der Waals surface area contributed by atoms with E-state index < -0.39 is 0 Å². The van der Waals surface area contributed by atoms with Crippen molar-refractivity contribution in [1.82, 2.24) is 9.80 Å². The molecule has 1 aliphatic rings. The van der Waals surface area contributed by atoms with Crippen LogP contribution in [-0.4, -0.2) is 41.9 Å². The van der Waals surface area contributed by atoms with Gasteiger partial charge in [-0.1, -0.05) is 26.7 Å². The molecule has 0 saturated carbocycles. The molecule has 3 nitrogen and oxygen atoms in total. The maximum absolute atomic E-state index is 7.97. The molecule has 1 fully saturated rings. The zero-order chi connectivity index (χ0) is 10.4. The molecule has 1 saturated heterocycles. The summed E-state index contributed by atoms with van der Waals surface area (Å²) in [6.45, 7) is 8.66. The SMILES string of the molecule is CCCCN1CCN(CCCC)C1=N. The van der Waals surface area contributed by atoms with E-state index in [-0.39, 0.29) is 0 Å². The molecule has 0 aromatic carbocycles. The number of guanidine groups is 1. The lowest BCUT2D eigenvalue weighted by molar-refractivity contribution is 0.441. The van der Waals surface area contributed by atoms with Crippen LogP contribution < -0.4 is 0 Å². The van der Waals surface area contributed by atoms with Crippen molar-refractivity contribution < 1.29 is 0 Å². The standard InChI is InChI=1S/C11H23N3/c1-3-5-7-13-9-10-14(11(13)12)8-6-4-2/h12H,3-10H2,1-2H3. The van der Waals surface area contributed by atoms with Gasteiger partial charge in [-0.25, -0.2) is 0 Å². The molecule has 0 aliphatic carbocycles. The zero-order valence-corrected chi connectivity index (χ0v) is 9.55. The maximum Gasteiger partial charge on any atom is 0.193 e. The molecule has 0 unspecified atom stereocenters. The quantitative estimate of drug-likeness (QED) is 0.707. The first-order chi connectivity index (χ1) is 6.79. The third-order valence-corrected chi connectivity index (χ3v) is 2.80. The molecular weight excluding hydrogens is 174 g/mol. The molecule has 82 valence electrons.